The molecule has 1 aromatic heterocycles. The molecule has 1 aromatic carbocycles. The molecule has 0 aliphatic carbocycles. The van der Waals surface area contributed by atoms with Crippen LogP contribution in [0.5, 0.6) is 0 Å². The molecule has 3 nitrogen and oxygen atoms in total. The van der Waals surface area contributed by atoms with Crippen molar-refractivity contribution in [3.8, 4) is 11.3 Å². The number of benzene rings is 1. The van der Waals surface area contributed by atoms with Crippen LogP contribution in [0, 0.1) is 0 Å². The van der Waals surface area contributed by atoms with Crippen LogP contribution in [-0.4, -0.2) is 24.7 Å². The van der Waals surface area contributed by atoms with Crippen molar-refractivity contribution in [2.75, 3.05) is 19.8 Å². The third-order valence-electron chi connectivity index (χ3n) is 3.75. The molecule has 112 valence electrons. The number of ether oxygens (including phenoxy) is 1. The first-order valence-electron chi connectivity index (χ1n) is 7.72. The summed E-state index contributed by atoms with van der Waals surface area (Å²) in [5.74, 6) is 0.484. The van der Waals surface area contributed by atoms with E-state index in [9.17, 15) is 0 Å². The minimum atomic E-state index is 0.484. The Morgan fingerprint density at radius 3 is 2.90 bits per heavy atom. The van der Waals surface area contributed by atoms with E-state index in [-0.39, 0.29) is 0 Å². The Morgan fingerprint density at radius 2 is 2.19 bits per heavy atom. The first kappa shape index (κ1) is 14.7. The minimum Gasteiger partial charge on any atom is -0.381 e. The van der Waals surface area contributed by atoms with Gasteiger partial charge in [-0.15, -0.1) is 11.3 Å². The van der Waals surface area contributed by atoms with Crippen LogP contribution >= 0.6 is 11.3 Å². The molecule has 1 fully saturated rings. The fraction of sp³-hybridized carbons (Fsp3) is 0.471. The fourth-order valence-corrected chi connectivity index (χ4v) is 3.77. The van der Waals surface area contributed by atoms with Crippen molar-refractivity contribution in [2.24, 2.45) is 0 Å². The van der Waals surface area contributed by atoms with Crippen molar-refractivity contribution in [3.05, 3.63) is 40.2 Å². The number of nitrogens with one attached hydrogen (secondary N) is 1. The number of aromatic nitrogens is 1. The van der Waals surface area contributed by atoms with Gasteiger partial charge in [0, 0.05) is 29.5 Å². The molecule has 0 bridgehead atoms. The third-order valence-corrected chi connectivity index (χ3v) is 4.97. The smallest absolute Gasteiger partial charge is 0.0990 e. The lowest BCUT2D eigenvalue weighted by molar-refractivity contribution is 0.194. The lowest BCUT2D eigenvalue weighted by Crippen LogP contribution is -2.13. The highest BCUT2D eigenvalue weighted by Gasteiger charge is 2.23. The molecule has 0 amide bonds. The molecule has 2 aromatic rings. The van der Waals surface area contributed by atoms with E-state index >= 15 is 0 Å². The molecule has 0 spiro atoms. The Labute approximate surface area is 130 Å². The number of hydrogen-bond donors (Lipinski definition) is 1. The molecule has 0 radical (unpaired) electrons. The van der Waals surface area contributed by atoms with E-state index < -0.39 is 0 Å². The highest BCUT2D eigenvalue weighted by atomic mass is 32.1. The summed E-state index contributed by atoms with van der Waals surface area (Å²) >= 11 is 1.85. The van der Waals surface area contributed by atoms with E-state index in [0.29, 0.717) is 5.92 Å². The molecular weight excluding hydrogens is 280 g/mol. The van der Waals surface area contributed by atoms with E-state index in [2.05, 4.69) is 42.6 Å². The summed E-state index contributed by atoms with van der Waals surface area (Å²) in [7, 11) is 0. The van der Waals surface area contributed by atoms with Gasteiger partial charge in [0.25, 0.3) is 0 Å². The normalized spacial score (nSPS) is 18.2. The highest BCUT2D eigenvalue weighted by Crippen LogP contribution is 2.35. The number of thiazole rings is 1. The monoisotopic (exact) mass is 302 g/mol. The standard InChI is InChI=1S/C17H22N2OS/c1-2-9-18-11-15-16(13-6-4-3-5-7-13)19-17(21-15)14-8-10-20-12-14/h3-7,14,18H,2,8-12H2,1H3. The van der Waals surface area contributed by atoms with Crippen LogP contribution in [0.4, 0.5) is 0 Å². The summed E-state index contributed by atoms with van der Waals surface area (Å²) in [5.41, 5.74) is 2.36. The summed E-state index contributed by atoms with van der Waals surface area (Å²) in [6.45, 7) is 5.84. The zero-order chi connectivity index (χ0) is 14.5. The van der Waals surface area contributed by atoms with Crippen LogP contribution in [0.25, 0.3) is 11.3 Å². The second-order valence-electron chi connectivity index (χ2n) is 5.43. The molecule has 3 rings (SSSR count). The maximum absolute atomic E-state index is 5.52. The largest absolute Gasteiger partial charge is 0.381 e. The van der Waals surface area contributed by atoms with Gasteiger partial charge in [0.2, 0.25) is 0 Å². The highest BCUT2D eigenvalue weighted by molar-refractivity contribution is 7.12. The van der Waals surface area contributed by atoms with Crippen LogP contribution in [0.1, 0.15) is 35.6 Å². The second-order valence-corrected chi connectivity index (χ2v) is 6.54. The van der Waals surface area contributed by atoms with Crippen molar-refractivity contribution in [1.82, 2.24) is 10.3 Å². The Hall–Kier alpha value is -1.23. The third kappa shape index (κ3) is 3.51. The molecule has 1 atom stereocenters. The Bertz CT molecular complexity index is 561. The van der Waals surface area contributed by atoms with E-state index in [1.807, 2.05) is 11.3 Å². The predicted molar refractivity (Wildman–Crippen MR) is 87.7 cm³/mol. The zero-order valence-corrected chi connectivity index (χ0v) is 13.3. The van der Waals surface area contributed by atoms with E-state index in [0.717, 1.165) is 44.8 Å². The van der Waals surface area contributed by atoms with Crippen molar-refractivity contribution in [2.45, 2.75) is 32.2 Å². The van der Waals surface area contributed by atoms with Gasteiger partial charge in [0.05, 0.1) is 17.3 Å². The van der Waals surface area contributed by atoms with Gasteiger partial charge in [-0.05, 0) is 19.4 Å². The molecular formula is C17H22N2OS. The summed E-state index contributed by atoms with van der Waals surface area (Å²) in [4.78, 5) is 6.28. The zero-order valence-electron chi connectivity index (χ0n) is 12.5. The maximum atomic E-state index is 5.52. The van der Waals surface area contributed by atoms with Gasteiger partial charge < -0.3 is 10.1 Å². The lowest BCUT2D eigenvalue weighted by Gasteiger charge is -2.03. The molecule has 1 aliphatic heterocycles. The van der Waals surface area contributed by atoms with Gasteiger partial charge in [-0.3, -0.25) is 0 Å². The first-order valence-corrected chi connectivity index (χ1v) is 8.53. The Morgan fingerprint density at radius 1 is 1.33 bits per heavy atom. The van der Waals surface area contributed by atoms with Crippen molar-refractivity contribution < 1.29 is 4.74 Å². The van der Waals surface area contributed by atoms with Gasteiger partial charge in [-0.25, -0.2) is 4.98 Å². The quantitative estimate of drug-likeness (QED) is 0.824. The number of rotatable bonds is 6. The number of hydrogen-bond acceptors (Lipinski definition) is 4. The Kier molecular flexibility index (Phi) is 5.01. The first-order chi connectivity index (χ1) is 10.4. The molecule has 1 aliphatic rings. The fourth-order valence-electron chi connectivity index (χ4n) is 2.59. The molecule has 2 heterocycles. The molecule has 0 saturated carbocycles. The lowest BCUT2D eigenvalue weighted by atomic mass is 10.1. The van der Waals surface area contributed by atoms with Crippen molar-refractivity contribution in [1.29, 1.82) is 0 Å². The van der Waals surface area contributed by atoms with Crippen LogP contribution < -0.4 is 5.32 Å². The van der Waals surface area contributed by atoms with Crippen LogP contribution in [-0.2, 0) is 11.3 Å². The predicted octanol–water partition coefficient (Wildman–Crippen LogP) is 3.81. The summed E-state index contributed by atoms with van der Waals surface area (Å²) < 4.78 is 5.52. The van der Waals surface area contributed by atoms with Crippen molar-refractivity contribution >= 4 is 11.3 Å². The molecule has 21 heavy (non-hydrogen) atoms. The average molecular weight is 302 g/mol. The second kappa shape index (κ2) is 7.16. The topological polar surface area (TPSA) is 34.1 Å². The Balaban J connectivity index is 1.87. The summed E-state index contributed by atoms with van der Waals surface area (Å²) in [6.07, 6.45) is 2.26. The molecule has 4 heteroatoms. The maximum Gasteiger partial charge on any atom is 0.0990 e. The van der Waals surface area contributed by atoms with E-state index in [4.69, 9.17) is 9.72 Å². The molecule has 1 N–H and O–H groups in total. The molecule has 1 saturated heterocycles. The van der Waals surface area contributed by atoms with E-state index in [1.165, 1.54) is 15.4 Å². The average Bonchev–Trinajstić information content (AvgIpc) is 3.18. The minimum absolute atomic E-state index is 0.484. The van der Waals surface area contributed by atoms with Gasteiger partial charge in [0.15, 0.2) is 0 Å². The van der Waals surface area contributed by atoms with Crippen LogP contribution in [0.3, 0.4) is 0 Å². The van der Waals surface area contributed by atoms with Gasteiger partial charge in [0.1, 0.15) is 0 Å². The number of nitrogens with zero attached hydrogens (tertiary/aromatic N) is 1. The summed E-state index contributed by atoms with van der Waals surface area (Å²) in [5, 5.41) is 4.74. The molecule has 1 unspecified atom stereocenters. The van der Waals surface area contributed by atoms with E-state index in [1.54, 1.807) is 0 Å². The van der Waals surface area contributed by atoms with Crippen LogP contribution in [0.2, 0.25) is 0 Å². The van der Waals surface area contributed by atoms with Crippen molar-refractivity contribution in [3.63, 3.8) is 0 Å². The van der Waals surface area contributed by atoms with Gasteiger partial charge in [-0.1, -0.05) is 37.3 Å². The van der Waals surface area contributed by atoms with Gasteiger partial charge >= 0.3 is 0 Å². The SMILES string of the molecule is CCCNCc1sc(C2CCOC2)nc1-c1ccccc1. The summed E-state index contributed by atoms with van der Waals surface area (Å²) in [6, 6.07) is 10.5. The van der Waals surface area contributed by atoms with Crippen LogP contribution in [0.15, 0.2) is 30.3 Å². The van der Waals surface area contributed by atoms with Gasteiger partial charge in [-0.2, -0.15) is 0 Å².